The molecule has 0 radical (unpaired) electrons. The number of hydrogen-bond acceptors (Lipinski definition) is 3. The summed E-state index contributed by atoms with van der Waals surface area (Å²) >= 11 is 0. The number of likely N-dealkylation sites (tertiary alicyclic amines) is 1. The molecule has 6 nitrogen and oxygen atoms in total. The molecule has 3 rings (SSSR count). The Labute approximate surface area is 132 Å². The minimum absolute atomic E-state index is 0.162. The van der Waals surface area contributed by atoms with Crippen LogP contribution in [-0.4, -0.2) is 49.9 Å². The molecule has 1 aliphatic heterocycles. The molecular weight excluding hydrogens is 304 g/mol. The Morgan fingerprint density at radius 3 is 2.48 bits per heavy atom. The van der Waals surface area contributed by atoms with E-state index in [0.717, 1.165) is 5.56 Å². The molecule has 124 valence electrons. The highest BCUT2D eigenvalue weighted by molar-refractivity contribution is 5.99. The number of alkyl halides is 2. The van der Waals surface area contributed by atoms with Crippen LogP contribution in [0.5, 0.6) is 0 Å². The van der Waals surface area contributed by atoms with Crippen molar-refractivity contribution in [2.24, 2.45) is 20.0 Å². The topological polar surface area (TPSA) is 56.0 Å². The van der Waals surface area contributed by atoms with Gasteiger partial charge in [-0.05, 0) is 12.8 Å². The average Bonchev–Trinajstić information content (AvgIpc) is 3.12. The molecule has 8 heteroatoms. The molecule has 0 aromatic carbocycles. The van der Waals surface area contributed by atoms with Crippen LogP contribution >= 0.6 is 0 Å². The molecule has 23 heavy (non-hydrogen) atoms. The number of halogens is 2. The molecule has 0 atom stereocenters. The summed E-state index contributed by atoms with van der Waals surface area (Å²) in [5.41, 5.74) is 1.82. The Bertz CT molecular complexity index is 701. The van der Waals surface area contributed by atoms with Gasteiger partial charge < -0.3 is 4.90 Å². The molecule has 3 heterocycles. The molecule has 1 fully saturated rings. The van der Waals surface area contributed by atoms with Crippen molar-refractivity contribution in [2.75, 3.05) is 13.1 Å². The first-order valence-electron chi connectivity index (χ1n) is 7.56. The zero-order chi connectivity index (χ0) is 16.6. The third-order valence-corrected chi connectivity index (χ3v) is 4.22. The fourth-order valence-corrected chi connectivity index (χ4v) is 2.93. The van der Waals surface area contributed by atoms with Crippen LogP contribution in [0.3, 0.4) is 0 Å². The van der Waals surface area contributed by atoms with Gasteiger partial charge in [-0.15, -0.1) is 0 Å². The molecule has 1 saturated heterocycles. The summed E-state index contributed by atoms with van der Waals surface area (Å²) in [6.07, 6.45) is 3.49. The van der Waals surface area contributed by atoms with Crippen molar-refractivity contribution in [3.8, 4) is 11.3 Å². The maximum atomic E-state index is 12.7. The lowest BCUT2D eigenvalue weighted by Crippen LogP contribution is -2.40. The lowest BCUT2D eigenvalue weighted by Gasteiger charge is -2.31. The fraction of sp³-hybridized carbons (Fsp3) is 0.533. The van der Waals surface area contributed by atoms with Gasteiger partial charge in [-0.25, -0.2) is 8.78 Å². The predicted octanol–water partition coefficient (Wildman–Crippen LogP) is 1.94. The Hall–Kier alpha value is -2.25. The van der Waals surface area contributed by atoms with Crippen molar-refractivity contribution in [3.05, 3.63) is 24.2 Å². The lowest BCUT2D eigenvalue weighted by molar-refractivity contribution is 0.0311. The zero-order valence-electron chi connectivity index (χ0n) is 13.1. The first-order valence-corrected chi connectivity index (χ1v) is 7.56. The molecule has 1 aliphatic rings. The number of piperidine rings is 1. The number of carbonyl (C=O) groups excluding carboxylic acids is 1. The van der Waals surface area contributed by atoms with Crippen molar-refractivity contribution in [2.45, 2.75) is 19.3 Å². The van der Waals surface area contributed by atoms with Gasteiger partial charge >= 0.3 is 0 Å². The number of hydrogen-bond donors (Lipinski definition) is 0. The first-order chi connectivity index (χ1) is 11.0. The molecule has 0 spiro atoms. The van der Waals surface area contributed by atoms with Crippen LogP contribution in [0.1, 0.15) is 23.2 Å². The second kappa shape index (κ2) is 6.10. The van der Waals surface area contributed by atoms with Crippen molar-refractivity contribution in [1.82, 2.24) is 24.5 Å². The van der Waals surface area contributed by atoms with Gasteiger partial charge in [0, 0.05) is 51.1 Å². The molecule has 0 aliphatic carbocycles. The van der Waals surface area contributed by atoms with E-state index in [1.165, 1.54) is 0 Å². The van der Waals surface area contributed by atoms with Gasteiger partial charge in [-0.2, -0.15) is 10.2 Å². The highest BCUT2D eigenvalue weighted by Gasteiger charge is 2.30. The van der Waals surface area contributed by atoms with Crippen LogP contribution in [-0.2, 0) is 14.1 Å². The highest BCUT2D eigenvalue weighted by Crippen LogP contribution is 2.27. The maximum absolute atomic E-state index is 12.7. The highest BCUT2D eigenvalue weighted by atomic mass is 19.3. The van der Waals surface area contributed by atoms with E-state index >= 15 is 0 Å². The Morgan fingerprint density at radius 2 is 1.91 bits per heavy atom. The largest absolute Gasteiger partial charge is 0.339 e. The Balaban J connectivity index is 1.81. The first kappa shape index (κ1) is 15.6. The summed E-state index contributed by atoms with van der Waals surface area (Å²) in [6.45, 7) is 0.713. The van der Waals surface area contributed by atoms with Gasteiger partial charge in [0.1, 0.15) is 5.69 Å². The van der Waals surface area contributed by atoms with E-state index in [1.807, 2.05) is 0 Å². The fourth-order valence-electron chi connectivity index (χ4n) is 2.93. The van der Waals surface area contributed by atoms with Crippen molar-refractivity contribution in [1.29, 1.82) is 0 Å². The van der Waals surface area contributed by atoms with Crippen LogP contribution in [0.15, 0.2) is 18.6 Å². The summed E-state index contributed by atoms with van der Waals surface area (Å²) in [5.74, 6) is -0.768. The van der Waals surface area contributed by atoms with Gasteiger partial charge in [0.05, 0.1) is 11.8 Å². The number of aromatic nitrogens is 4. The summed E-state index contributed by atoms with van der Waals surface area (Å²) in [7, 11) is 3.54. The van der Waals surface area contributed by atoms with Gasteiger partial charge in [0.2, 0.25) is 6.43 Å². The second-order valence-electron chi connectivity index (χ2n) is 5.93. The minimum atomic E-state index is -2.31. The van der Waals surface area contributed by atoms with Gasteiger partial charge in [0.25, 0.3) is 5.91 Å². The SMILES string of the molecule is Cn1cc(-c2nn(C)cc2C(=O)N2CCC(C(F)F)CC2)cn1. The number of rotatable bonds is 3. The average molecular weight is 323 g/mol. The quantitative estimate of drug-likeness (QED) is 0.867. The number of amides is 1. The maximum Gasteiger partial charge on any atom is 0.257 e. The molecule has 0 saturated carbocycles. The third-order valence-electron chi connectivity index (χ3n) is 4.22. The van der Waals surface area contributed by atoms with E-state index in [1.54, 1.807) is 46.9 Å². The summed E-state index contributed by atoms with van der Waals surface area (Å²) < 4.78 is 28.7. The van der Waals surface area contributed by atoms with Crippen LogP contribution in [0.25, 0.3) is 11.3 Å². The molecule has 0 N–H and O–H groups in total. The number of carbonyl (C=O) groups is 1. The smallest absolute Gasteiger partial charge is 0.257 e. The van der Waals surface area contributed by atoms with E-state index in [0.29, 0.717) is 37.2 Å². The van der Waals surface area contributed by atoms with Gasteiger partial charge in [0.15, 0.2) is 0 Å². The van der Waals surface area contributed by atoms with Crippen molar-refractivity contribution >= 4 is 5.91 Å². The van der Waals surface area contributed by atoms with Crippen LogP contribution in [0, 0.1) is 5.92 Å². The molecule has 2 aromatic rings. The van der Waals surface area contributed by atoms with E-state index in [2.05, 4.69) is 10.2 Å². The van der Waals surface area contributed by atoms with Gasteiger partial charge in [-0.3, -0.25) is 14.2 Å². The number of nitrogens with zero attached hydrogens (tertiary/aromatic N) is 5. The van der Waals surface area contributed by atoms with Crippen LogP contribution in [0.2, 0.25) is 0 Å². The summed E-state index contributed by atoms with van der Waals surface area (Å²) in [4.78, 5) is 14.4. The third kappa shape index (κ3) is 3.11. The molecule has 0 unspecified atom stereocenters. The van der Waals surface area contributed by atoms with E-state index < -0.39 is 12.3 Å². The molecular formula is C15H19F2N5O. The Morgan fingerprint density at radius 1 is 1.22 bits per heavy atom. The van der Waals surface area contributed by atoms with Crippen LogP contribution < -0.4 is 0 Å². The standard InChI is InChI=1S/C15H19F2N5O/c1-20-8-11(7-18-20)13-12(9-21(2)19-13)15(23)22-5-3-10(4-6-22)14(16)17/h7-10,14H,3-6H2,1-2H3. The van der Waals surface area contributed by atoms with E-state index in [9.17, 15) is 13.6 Å². The summed E-state index contributed by atoms with van der Waals surface area (Å²) in [6, 6.07) is 0. The molecule has 1 amide bonds. The molecule has 2 aromatic heterocycles. The lowest BCUT2D eigenvalue weighted by atomic mass is 9.97. The van der Waals surface area contributed by atoms with E-state index in [-0.39, 0.29) is 5.91 Å². The van der Waals surface area contributed by atoms with Crippen LogP contribution in [0.4, 0.5) is 8.78 Å². The minimum Gasteiger partial charge on any atom is -0.339 e. The summed E-state index contributed by atoms with van der Waals surface area (Å²) in [5, 5.41) is 8.45. The van der Waals surface area contributed by atoms with Gasteiger partial charge in [-0.1, -0.05) is 0 Å². The molecule has 0 bridgehead atoms. The monoisotopic (exact) mass is 323 g/mol. The van der Waals surface area contributed by atoms with Crippen molar-refractivity contribution in [3.63, 3.8) is 0 Å². The zero-order valence-corrected chi connectivity index (χ0v) is 13.1. The predicted molar refractivity (Wildman–Crippen MR) is 80.0 cm³/mol. The van der Waals surface area contributed by atoms with E-state index in [4.69, 9.17) is 0 Å². The second-order valence-corrected chi connectivity index (χ2v) is 5.93. The Kier molecular flexibility index (Phi) is 4.14. The number of aryl methyl sites for hydroxylation is 2. The normalized spacial score (nSPS) is 16.3. The van der Waals surface area contributed by atoms with Crippen molar-refractivity contribution < 1.29 is 13.6 Å².